The molecule has 120 valence electrons. The normalized spacial score (nSPS) is 21.7. The lowest BCUT2D eigenvalue weighted by atomic mass is 9.93. The number of amides is 4. The number of carbonyl (C=O) groups is 3. The molecule has 0 atom stereocenters. The van der Waals surface area contributed by atoms with E-state index in [1.54, 1.807) is 24.3 Å². The van der Waals surface area contributed by atoms with Gasteiger partial charge in [-0.05, 0) is 36.6 Å². The van der Waals surface area contributed by atoms with Crippen molar-refractivity contribution in [2.75, 3.05) is 0 Å². The minimum Gasteiger partial charge on any atom is -0.273 e. The zero-order valence-corrected chi connectivity index (χ0v) is 13.3. The molecule has 3 rings (SSSR count). The molecule has 2 fully saturated rings. The van der Waals surface area contributed by atoms with E-state index in [9.17, 15) is 14.4 Å². The Hall–Kier alpha value is -2.14. The first-order valence-corrected chi connectivity index (χ1v) is 8.10. The van der Waals surface area contributed by atoms with Crippen LogP contribution in [0.25, 0.3) is 6.08 Å². The molecular weight excluding hydrogens is 316 g/mol. The Morgan fingerprint density at radius 1 is 1.04 bits per heavy atom. The van der Waals surface area contributed by atoms with Gasteiger partial charge in [0, 0.05) is 11.1 Å². The van der Waals surface area contributed by atoms with E-state index in [1.165, 1.54) is 11.0 Å². The summed E-state index contributed by atoms with van der Waals surface area (Å²) in [5.74, 6) is -1.16. The number of carbonyl (C=O) groups excluding carboxylic acids is 3. The van der Waals surface area contributed by atoms with Crippen molar-refractivity contribution in [3.63, 3.8) is 0 Å². The highest BCUT2D eigenvalue weighted by Crippen LogP contribution is 2.26. The number of benzene rings is 1. The molecule has 1 saturated carbocycles. The Bertz CT molecular complexity index is 676. The number of urea groups is 1. The molecule has 4 amide bonds. The lowest BCUT2D eigenvalue weighted by Crippen LogP contribution is -2.58. The lowest BCUT2D eigenvalue weighted by molar-refractivity contribution is -0.132. The van der Waals surface area contributed by atoms with E-state index in [-0.39, 0.29) is 11.6 Å². The molecule has 1 saturated heterocycles. The van der Waals surface area contributed by atoms with Gasteiger partial charge in [0.25, 0.3) is 11.8 Å². The van der Waals surface area contributed by atoms with Crippen LogP contribution in [0.2, 0.25) is 5.02 Å². The van der Waals surface area contributed by atoms with Gasteiger partial charge in [-0.25, -0.2) is 4.79 Å². The molecule has 2 aliphatic rings. The van der Waals surface area contributed by atoms with E-state index in [2.05, 4.69) is 5.32 Å². The topological polar surface area (TPSA) is 66.5 Å². The van der Waals surface area contributed by atoms with Crippen LogP contribution in [0.1, 0.15) is 37.7 Å². The van der Waals surface area contributed by atoms with Gasteiger partial charge in [-0.2, -0.15) is 0 Å². The molecule has 5 nitrogen and oxygen atoms in total. The summed E-state index contributed by atoms with van der Waals surface area (Å²) in [6.07, 6.45) is 6.18. The molecule has 23 heavy (non-hydrogen) atoms. The molecule has 0 spiro atoms. The van der Waals surface area contributed by atoms with Gasteiger partial charge in [-0.3, -0.25) is 19.8 Å². The van der Waals surface area contributed by atoms with E-state index in [0.29, 0.717) is 10.6 Å². The average molecular weight is 333 g/mol. The molecule has 1 N–H and O–H groups in total. The monoisotopic (exact) mass is 332 g/mol. The number of nitrogens with zero attached hydrogens (tertiary/aromatic N) is 1. The van der Waals surface area contributed by atoms with Crippen LogP contribution in [0.5, 0.6) is 0 Å². The summed E-state index contributed by atoms with van der Waals surface area (Å²) < 4.78 is 0. The van der Waals surface area contributed by atoms with Crippen molar-refractivity contribution in [2.45, 2.75) is 38.1 Å². The molecule has 1 heterocycles. The largest absolute Gasteiger partial charge is 0.331 e. The number of rotatable bonds is 2. The summed E-state index contributed by atoms with van der Waals surface area (Å²) in [5.41, 5.74) is 0.670. The van der Waals surface area contributed by atoms with Gasteiger partial charge in [0.1, 0.15) is 5.57 Å². The van der Waals surface area contributed by atoms with E-state index < -0.39 is 17.8 Å². The fourth-order valence-corrected chi connectivity index (χ4v) is 3.19. The second-order valence-electron chi connectivity index (χ2n) is 5.84. The predicted molar refractivity (Wildman–Crippen MR) is 86.7 cm³/mol. The lowest BCUT2D eigenvalue weighted by Gasteiger charge is -2.35. The summed E-state index contributed by atoms with van der Waals surface area (Å²) in [6, 6.07) is 6.07. The van der Waals surface area contributed by atoms with Crippen molar-refractivity contribution in [3.8, 4) is 0 Å². The van der Waals surface area contributed by atoms with Crippen molar-refractivity contribution in [3.05, 3.63) is 40.4 Å². The second-order valence-corrected chi connectivity index (χ2v) is 6.27. The van der Waals surface area contributed by atoms with Crippen LogP contribution in [-0.4, -0.2) is 28.8 Å². The van der Waals surface area contributed by atoms with Crippen molar-refractivity contribution in [1.29, 1.82) is 0 Å². The third-order valence-corrected chi connectivity index (χ3v) is 4.51. The summed E-state index contributed by atoms with van der Waals surface area (Å²) >= 11 is 5.84. The molecule has 1 aromatic carbocycles. The first-order chi connectivity index (χ1) is 11.1. The Balaban J connectivity index is 1.90. The van der Waals surface area contributed by atoms with Crippen LogP contribution < -0.4 is 5.32 Å². The molecule has 6 heteroatoms. The molecule has 0 radical (unpaired) electrons. The average Bonchev–Trinajstić information content (AvgIpc) is 2.54. The molecule has 1 aliphatic carbocycles. The highest BCUT2D eigenvalue weighted by Gasteiger charge is 2.40. The molecular formula is C17H17ClN2O3. The first kappa shape index (κ1) is 15.7. The minimum atomic E-state index is -0.651. The third kappa shape index (κ3) is 3.29. The maximum atomic E-state index is 12.7. The SMILES string of the molecule is O=C1NC(=O)N(C2CCCCC2)C(=O)/C1=C\c1ccc(Cl)cc1. The maximum absolute atomic E-state index is 12.7. The van der Waals surface area contributed by atoms with E-state index in [1.807, 2.05) is 0 Å². The second kappa shape index (κ2) is 6.54. The smallest absolute Gasteiger partial charge is 0.273 e. The number of nitrogens with one attached hydrogen (secondary N) is 1. The fraction of sp³-hybridized carbons (Fsp3) is 0.353. The van der Waals surface area contributed by atoms with Gasteiger partial charge in [-0.1, -0.05) is 43.0 Å². The van der Waals surface area contributed by atoms with Crippen LogP contribution >= 0.6 is 11.6 Å². The maximum Gasteiger partial charge on any atom is 0.331 e. The predicted octanol–water partition coefficient (Wildman–Crippen LogP) is 3.13. The van der Waals surface area contributed by atoms with Crippen molar-refractivity contribution in [1.82, 2.24) is 10.2 Å². The van der Waals surface area contributed by atoms with Crippen LogP contribution in [0.15, 0.2) is 29.8 Å². The van der Waals surface area contributed by atoms with Gasteiger partial charge in [0.2, 0.25) is 0 Å². The minimum absolute atomic E-state index is 0.0162. The number of halogens is 1. The van der Waals surface area contributed by atoms with E-state index in [4.69, 9.17) is 11.6 Å². The number of hydrogen-bond donors (Lipinski definition) is 1. The van der Waals surface area contributed by atoms with Crippen LogP contribution in [-0.2, 0) is 9.59 Å². The summed E-state index contributed by atoms with van der Waals surface area (Å²) in [4.78, 5) is 38.0. The van der Waals surface area contributed by atoms with Crippen LogP contribution in [0.4, 0.5) is 4.79 Å². The first-order valence-electron chi connectivity index (χ1n) is 7.72. The Labute approximate surface area is 139 Å². The highest BCUT2D eigenvalue weighted by molar-refractivity contribution is 6.31. The van der Waals surface area contributed by atoms with Crippen molar-refractivity contribution >= 4 is 35.5 Å². The standard InChI is InChI=1S/C17H17ClN2O3/c18-12-8-6-11(7-9-12)10-14-15(21)19-17(23)20(16(14)22)13-4-2-1-3-5-13/h6-10,13H,1-5H2,(H,19,21,23)/b14-10-. The Morgan fingerprint density at radius 2 is 1.70 bits per heavy atom. The molecule has 1 aliphatic heterocycles. The van der Waals surface area contributed by atoms with Gasteiger partial charge in [0.05, 0.1) is 0 Å². The highest BCUT2D eigenvalue weighted by atomic mass is 35.5. The zero-order valence-electron chi connectivity index (χ0n) is 12.5. The molecule has 1 aromatic rings. The van der Waals surface area contributed by atoms with Gasteiger partial charge in [0.15, 0.2) is 0 Å². The Morgan fingerprint density at radius 3 is 2.35 bits per heavy atom. The van der Waals surface area contributed by atoms with Gasteiger partial charge < -0.3 is 0 Å². The molecule has 0 unspecified atom stereocenters. The zero-order chi connectivity index (χ0) is 16.4. The van der Waals surface area contributed by atoms with Crippen molar-refractivity contribution < 1.29 is 14.4 Å². The molecule has 0 bridgehead atoms. The number of imide groups is 2. The third-order valence-electron chi connectivity index (χ3n) is 4.25. The van der Waals surface area contributed by atoms with Crippen molar-refractivity contribution in [2.24, 2.45) is 0 Å². The summed E-state index contributed by atoms with van der Waals surface area (Å²) in [6.45, 7) is 0. The summed E-state index contributed by atoms with van der Waals surface area (Å²) in [5, 5.41) is 2.85. The van der Waals surface area contributed by atoms with Gasteiger partial charge >= 0.3 is 6.03 Å². The quantitative estimate of drug-likeness (QED) is 0.668. The number of barbiturate groups is 1. The summed E-state index contributed by atoms with van der Waals surface area (Å²) in [7, 11) is 0. The van der Waals surface area contributed by atoms with E-state index >= 15 is 0 Å². The number of hydrogen-bond acceptors (Lipinski definition) is 3. The fourth-order valence-electron chi connectivity index (χ4n) is 3.07. The molecule has 0 aromatic heterocycles. The Kier molecular flexibility index (Phi) is 4.48. The van der Waals surface area contributed by atoms with Gasteiger partial charge in [-0.15, -0.1) is 0 Å². The van der Waals surface area contributed by atoms with E-state index in [0.717, 1.165) is 32.1 Å². The van der Waals surface area contributed by atoms with Crippen LogP contribution in [0.3, 0.4) is 0 Å². The van der Waals surface area contributed by atoms with Crippen LogP contribution in [0, 0.1) is 0 Å².